The summed E-state index contributed by atoms with van der Waals surface area (Å²) >= 11 is 1.70. The van der Waals surface area contributed by atoms with Crippen LogP contribution in [0.1, 0.15) is 46.3 Å². The van der Waals surface area contributed by atoms with Crippen molar-refractivity contribution < 1.29 is 4.79 Å². The molecule has 1 amide bonds. The summed E-state index contributed by atoms with van der Waals surface area (Å²) in [4.78, 5) is 19.6. The van der Waals surface area contributed by atoms with E-state index < -0.39 is 0 Å². The van der Waals surface area contributed by atoms with E-state index in [2.05, 4.69) is 28.6 Å². The third-order valence-electron chi connectivity index (χ3n) is 4.94. The van der Waals surface area contributed by atoms with Gasteiger partial charge in [-0.15, -0.1) is 11.3 Å². The second-order valence-corrected chi connectivity index (χ2v) is 7.48. The number of rotatable bonds is 4. The molecule has 1 aromatic carbocycles. The monoisotopic (exact) mass is 338 g/mol. The van der Waals surface area contributed by atoms with Gasteiger partial charge in [0.1, 0.15) is 0 Å². The Hall–Kier alpha value is -2.07. The summed E-state index contributed by atoms with van der Waals surface area (Å²) in [6.45, 7) is 3.46. The lowest BCUT2D eigenvalue weighted by atomic mass is 9.95. The molecule has 1 aliphatic carbocycles. The first kappa shape index (κ1) is 15.5. The minimum absolute atomic E-state index is 0.124. The molecule has 124 valence electrons. The molecule has 3 aromatic rings. The van der Waals surface area contributed by atoms with Gasteiger partial charge in [-0.2, -0.15) is 0 Å². The predicted octanol–water partition coefficient (Wildman–Crippen LogP) is 4.77. The number of aryl methyl sites for hydroxylation is 2. The number of benzene rings is 1. The first-order valence-corrected chi connectivity index (χ1v) is 9.59. The first-order valence-electron chi connectivity index (χ1n) is 8.71. The Kier molecular flexibility index (Phi) is 4.15. The number of thiophene rings is 1. The maximum Gasteiger partial charge on any atom is 0.254 e. The molecule has 0 unspecified atom stereocenters. The molecule has 3 nitrogen and oxygen atoms in total. The number of nitrogens with zero attached hydrogens (tertiary/aromatic N) is 1. The fourth-order valence-corrected chi connectivity index (χ4v) is 4.36. The summed E-state index contributed by atoms with van der Waals surface area (Å²) < 4.78 is 0. The summed E-state index contributed by atoms with van der Waals surface area (Å²) in [7, 11) is 0. The van der Waals surface area contributed by atoms with Crippen molar-refractivity contribution in [2.75, 3.05) is 6.54 Å². The molecule has 0 saturated carbocycles. The van der Waals surface area contributed by atoms with E-state index in [1.165, 1.54) is 39.9 Å². The Morgan fingerprint density at radius 3 is 2.92 bits per heavy atom. The van der Waals surface area contributed by atoms with E-state index in [9.17, 15) is 4.79 Å². The summed E-state index contributed by atoms with van der Waals surface area (Å²) in [6, 6.07) is 10.3. The van der Waals surface area contributed by atoms with Crippen molar-refractivity contribution in [3.63, 3.8) is 0 Å². The second-order valence-electron chi connectivity index (χ2n) is 6.45. The SMILES string of the molecule is CCN(Cc1cccs1)C(=O)c1ccc2[nH]c3c(c2c1)CCCC3. The molecule has 1 N–H and O–H groups in total. The van der Waals surface area contributed by atoms with Crippen molar-refractivity contribution in [3.8, 4) is 0 Å². The lowest BCUT2D eigenvalue weighted by Gasteiger charge is -2.20. The van der Waals surface area contributed by atoms with Gasteiger partial charge in [0, 0.05) is 33.6 Å². The van der Waals surface area contributed by atoms with Crippen LogP contribution in [0.2, 0.25) is 0 Å². The van der Waals surface area contributed by atoms with Gasteiger partial charge in [-0.05, 0) is 67.8 Å². The molecule has 1 aliphatic rings. The average molecular weight is 338 g/mol. The summed E-state index contributed by atoms with van der Waals surface area (Å²) in [6.07, 6.45) is 4.76. The lowest BCUT2D eigenvalue weighted by Crippen LogP contribution is -2.29. The van der Waals surface area contributed by atoms with Crippen LogP contribution in [0.5, 0.6) is 0 Å². The van der Waals surface area contributed by atoms with E-state index in [-0.39, 0.29) is 5.91 Å². The van der Waals surface area contributed by atoms with Crippen molar-refractivity contribution in [2.45, 2.75) is 39.2 Å². The summed E-state index contributed by atoms with van der Waals surface area (Å²) in [5.41, 5.74) is 4.76. The van der Waals surface area contributed by atoms with Crippen LogP contribution in [0, 0.1) is 0 Å². The third-order valence-corrected chi connectivity index (χ3v) is 5.80. The van der Waals surface area contributed by atoms with E-state index in [1.54, 1.807) is 11.3 Å². The Morgan fingerprint density at radius 2 is 2.12 bits per heavy atom. The molecular weight excluding hydrogens is 316 g/mol. The quantitative estimate of drug-likeness (QED) is 0.731. The zero-order valence-corrected chi connectivity index (χ0v) is 14.8. The number of H-pyrrole nitrogens is 1. The van der Waals surface area contributed by atoms with Crippen LogP contribution in [0.3, 0.4) is 0 Å². The fourth-order valence-electron chi connectivity index (χ4n) is 3.64. The van der Waals surface area contributed by atoms with Gasteiger partial charge < -0.3 is 9.88 Å². The van der Waals surface area contributed by atoms with Crippen molar-refractivity contribution in [1.29, 1.82) is 0 Å². The molecule has 0 atom stereocenters. The number of hydrogen-bond donors (Lipinski definition) is 1. The van der Waals surface area contributed by atoms with Gasteiger partial charge in [0.25, 0.3) is 5.91 Å². The number of hydrogen-bond acceptors (Lipinski definition) is 2. The van der Waals surface area contributed by atoms with Gasteiger partial charge in [-0.3, -0.25) is 4.79 Å². The van der Waals surface area contributed by atoms with Gasteiger partial charge in [-0.25, -0.2) is 0 Å². The van der Waals surface area contributed by atoms with Crippen LogP contribution in [-0.4, -0.2) is 22.3 Å². The maximum atomic E-state index is 13.0. The summed E-state index contributed by atoms with van der Waals surface area (Å²) in [5.74, 6) is 0.124. The van der Waals surface area contributed by atoms with Gasteiger partial charge in [0.05, 0.1) is 6.54 Å². The van der Waals surface area contributed by atoms with Crippen molar-refractivity contribution in [1.82, 2.24) is 9.88 Å². The highest BCUT2D eigenvalue weighted by Gasteiger charge is 2.19. The third kappa shape index (κ3) is 2.75. The van der Waals surface area contributed by atoms with E-state index in [0.717, 1.165) is 24.9 Å². The Bertz CT molecular complexity index is 863. The maximum absolute atomic E-state index is 13.0. The number of nitrogens with one attached hydrogen (secondary N) is 1. The van der Waals surface area contributed by atoms with Crippen LogP contribution >= 0.6 is 11.3 Å². The molecule has 0 spiro atoms. The molecule has 0 bridgehead atoms. The first-order chi connectivity index (χ1) is 11.8. The minimum Gasteiger partial charge on any atom is -0.358 e. The number of aromatic nitrogens is 1. The molecule has 2 aromatic heterocycles. The van der Waals surface area contributed by atoms with E-state index in [4.69, 9.17) is 0 Å². The van der Waals surface area contributed by atoms with Crippen LogP contribution in [0.25, 0.3) is 10.9 Å². The van der Waals surface area contributed by atoms with Gasteiger partial charge in [-0.1, -0.05) is 6.07 Å². The Balaban J connectivity index is 1.66. The minimum atomic E-state index is 0.124. The largest absolute Gasteiger partial charge is 0.358 e. The second kappa shape index (κ2) is 6.44. The molecule has 0 fully saturated rings. The highest BCUT2D eigenvalue weighted by molar-refractivity contribution is 7.09. The van der Waals surface area contributed by atoms with E-state index in [1.807, 2.05) is 24.0 Å². The zero-order chi connectivity index (χ0) is 16.5. The van der Waals surface area contributed by atoms with Crippen molar-refractivity contribution in [3.05, 3.63) is 57.4 Å². The van der Waals surface area contributed by atoms with E-state index >= 15 is 0 Å². The smallest absolute Gasteiger partial charge is 0.254 e. The number of aromatic amines is 1. The van der Waals surface area contributed by atoms with E-state index in [0.29, 0.717) is 6.54 Å². The average Bonchev–Trinajstić information content (AvgIpc) is 3.25. The highest BCUT2D eigenvalue weighted by atomic mass is 32.1. The number of fused-ring (bicyclic) bond motifs is 3. The normalized spacial score (nSPS) is 13.9. The zero-order valence-electron chi connectivity index (χ0n) is 14.0. The molecule has 0 saturated heterocycles. The van der Waals surface area contributed by atoms with Crippen LogP contribution in [0.4, 0.5) is 0 Å². The van der Waals surface area contributed by atoms with Crippen LogP contribution < -0.4 is 0 Å². The molecule has 0 radical (unpaired) electrons. The number of carbonyl (C=O) groups excluding carboxylic acids is 1. The standard InChI is InChI=1S/C20H22N2OS/c1-2-22(13-15-6-5-11-24-15)20(23)14-9-10-19-17(12-14)16-7-3-4-8-18(16)21-19/h5-6,9-12,21H,2-4,7-8,13H2,1H3. The molecule has 4 heteroatoms. The molecular formula is C20H22N2OS. The molecule has 4 rings (SSSR count). The van der Waals surface area contributed by atoms with Crippen LogP contribution in [-0.2, 0) is 19.4 Å². The number of amides is 1. The van der Waals surface area contributed by atoms with Gasteiger partial charge in [0.2, 0.25) is 0 Å². The Labute approximate surface area is 146 Å². The predicted molar refractivity (Wildman–Crippen MR) is 99.7 cm³/mol. The van der Waals surface area contributed by atoms with Crippen molar-refractivity contribution >= 4 is 28.1 Å². The molecule has 24 heavy (non-hydrogen) atoms. The van der Waals surface area contributed by atoms with Gasteiger partial charge >= 0.3 is 0 Å². The van der Waals surface area contributed by atoms with Crippen molar-refractivity contribution in [2.24, 2.45) is 0 Å². The highest BCUT2D eigenvalue weighted by Crippen LogP contribution is 2.30. The fraction of sp³-hybridized carbons (Fsp3) is 0.350. The molecule has 0 aliphatic heterocycles. The Morgan fingerprint density at radius 1 is 1.25 bits per heavy atom. The summed E-state index contributed by atoms with van der Waals surface area (Å²) in [5, 5.41) is 3.30. The molecule has 2 heterocycles. The van der Waals surface area contributed by atoms with Gasteiger partial charge in [0.15, 0.2) is 0 Å². The number of carbonyl (C=O) groups is 1. The lowest BCUT2D eigenvalue weighted by molar-refractivity contribution is 0.0754. The van der Waals surface area contributed by atoms with Crippen LogP contribution in [0.15, 0.2) is 35.7 Å². The topological polar surface area (TPSA) is 36.1 Å².